The standard InChI is InChI=1S/C28H35N3O2S/c1-28(2,29)16-7-12-26(32)31(4)25(27(33)30(3)17-15-24-11-8-18-34-24)20-21-13-14-22-9-5-6-10-23(22)19-21/h5-14,18-19,25H,15-17,20,29H2,1-4H3/b12-7+/t25-/m1/s1. The van der Waals surface area contributed by atoms with Crippen LogP contribution in [-0.2, 0) is 22.4 Å². The first-order valence-electron chi connectivity index (χ1n) is 11.6. The Balaban J connectivity index is 1.79. The van der Waals surface area contributed by atoms with Crippen molar-refractivity contribution in [2.45, 2.75) is 44.7 Å². The Morgan fingerprint density at radius 3 is 2.47 bits per heavy atom. The highest BCUT2D eigenvalue weighted by Crippen LogP contribution is 2.19. The van der Waals surface area contributed by atoms with Crippen molar-refractivity contribution in [3.8, 4) is 0 Å². The second-order valence-corrected chi connectivity index (χ2v) is 10.6. The summed E-state index contributed by atoms with van der Waals surface area (Å²) in [5.74, 6) is -0.261. The number of nitrogens with zero attached hydrogens (tertiary/aromatic N) is 2. The predicted octanol–water partition coefficient (Wildman–Crippen LogP) is 4.66. The Hall–Kier alpha value is -2.96. The molecule has 3 aromatic rings. The van der Waals surface area contributed by atoms with Gasteiger partial charge in [-0.15, -0.1) is 11.3 Å². The van der Waals surface area contributed by atoms with Crippen LogP contribution in [0.2, 0.25) is 0 Å². The third kappa shape index (κ3) is 7.27. The van der Waals surface area contributed by atoms with E-state index < -0.39 is 11.6 Å². The molecule has 0 radical (unpaired) electrons. The number of thiophene rings is 1. The lowest BCUT2D eigenvalue weighted by Crippen LogP contribution is -2.49. The number of carbonyl (C=O) groups is 2. The normalized spacial score (nSPS) is 12.7. The van der Waals surface area contributed by atoms with Crippen molar-refractivity contribution in [2.75, 3.05) is 20.6 Å². The second-order valence-electron chi connectivity index (χ2n) is 9.53. The van der Waals surface area contributed by atoms with Crippen LogP contribution >= 0.6 is 11.3 Å². The first kappa shape index (κ1) is 25.7. The second kappa shape index (κ2) is 11.4. The smallest absolute Gasteiger partial charge is 0.246 e. The maximum atomic E-state index is 13.5. The molecular formula is C28H35N3O2S. The number of likely N-dealkylation sites (N-methyl/N-ethyl adjacent to an activating group) is 2. The fourth-order valence-corrected chi connectivity index (χ4v) is 4.51. The van der Waals surface area contributed by atoms with E-state index in [0.717, 1.165) is 22.8 Å². The molecule has 6 heteroatoms. The lowest BCUT2D eigenvalue weighted by molar-refractivity contribution is -0.141. The van der Waals surface area contributed by atoms with Crippen LogP contribution in [0.1, 0.15) is 30.7 Å². The van der Waals surface area contributed by atoms with Crippen molar-refractivity contribution in [3.05, 3.63) is 82.6 Å². The average molecular weight is 478 g/mol. The van der Waals surface area contributed by atoms with E-state index in [1.807, 2.05) is 50.5 Å². The van der Waals surface area contributed by atoms with Crippen molar-refractivity contribution in [1.29, 1.82) is 0 Å². The van der Waals surface area contributed by atoms with Crippen molar-refractivity contribution in [3.63, 3.8) is 0 Å². The first-order valence-corrected chi connectivity index (χ1v) is 12.5. The highest BCUT2D eigenvalue weighted by molar-refractivity contribution is 7.09. The van der Waals surface area contributed by atoms with E-state index in [0.29, 0.717) is 19.4 Å². The van der Waals surface area contributed by atoms with Gasteiger partial charge in [-0.2, -0.15) is 0 Å². The molecule has 1 heterocycles. The van der Waals surface area contributed by atoms with Crippen LogP contribution in [0.5, 0.6) is 0 Å². The fraction of sp³-hybridized carbons (Fsp3) is 0.357. The highest BCUT2D eigenvalue weighted by Gasteiger charge is 2.29. The molecule has 0 fully saturated rings. The Morgan fingerprint density at radius 2 is 1.79 bits per heavy atom. The Labute approximate surface area is 206 Å². The molecule has 0 aliphatic carbocycles. The quantitative estimate of drug-likeness (QED) is 0.432. The molecule has 180 valence electrons. The van der Waals surface area contributed by atoms with Crippen LogP contribution < -0.4 is 5.73 Å². The van der Waals surface area contributed by atoms with Gasteiger partial charge < -0.3 is 15.5 Å². The van der Waals surface area contributed by atoms with Crippen molar-refractivity contribution >= 4 is 33.9 Å². The monoisotopic (exact) mass is 477 g/mol. The van der Waals surface area contributed by atoms with Gasteiger partial charge in [0.25, 0.3) is 0 Å². The predicted molar refractivity (Wildman–Crippen MR) is 142 cm³/mol. The molecule has 3 rings (SSSR count). The topological polar surface area (TPSA) is 66.6 Å². The molecule has 1 aromatic heterocycles. The minimum absolute atomic E-state index is 0.0619. The van der Waals surface area contributed by atoms with Gasteiger partial charge in [-0.1, -0.05) is 54.6 Å². The average Bonchev–Trinajstić information content (AvgIpc) is 3.33. The summed E-state index contributed by atoms with van der Waals surface area (Å²) < 4.78 is 0. The first-order chi connectivity index (χ1) is 16.1. The molecule has 2 aromatic carbocycles. The maximum absolute atomic E-state index is 13.5. The van der Waals surface area contributed by atoms with Gasteiger partial charge in [0.05, 0.1) is 0 Å². The zero-order chi connectivity index (χ0) is 24.7. The number of benzene rings is 2. The number of nitrogens with two attached hydrogens (primary N) is 1. The summed E-state index contributed by atoms with van der Waals surface area (Å²) in [5, 5.41) is 4.32. The minimum Gasteiger partial charge on any atom is -0.344 e. The molecule has 2 amide bonds. The number of hydrogen-bond acceptors (Lipinski definition) is 4. The highest BCUT2D eigenvalue weighted by atomic mass is 32.1. The Kier molecular flexibility index (Phi) is 8.64. The third-order valence-corrected chi connectivity index (χ3v) is 6.83. The molecule has 0 unspecified atom stereocenters. The van der Waals surface area contributed by atoms with Crippen LogP contribution in [0.15, 0.2) is 72.1 Å². The van der Waals surface area contributed by atoms with Crippen molar-refractivity contribution in [1.82, 2.24) is 9.80 Å². The molecular weight excluding hydrogens is 442 g/mol. The van der Waals surface area contributed by atoms with E-state index in [4.69, 9.17) is 5.73 Å². The summed E-state index contributed by atoms with van der Waals surface area (Å²) in [5.41, 5.74) is 6.66. The van der Waals surface area contributed by atoms with Gasteiger partial charge in [-0.05, 0) is 60.5 Å². The fourth-order valence-electron chi connectivity index (χ4n) is 3.81. The van der Waals surface area contributed by atoms with Crippen LogP contribution in [-0.4, -0.2) is 53.8 Å². The SMILES string of the molecule is CN(CCc1cccs1)C(=O)[C@@H](Cc1ccc2ccccc2c1)N(C)C(=O)/C=C/CC(C)(C)N. The van der Waals surface area contributed by atoms with E-state index in [1.54, 1.807) is 34.3 Å². The summed E-state index contributed by atoms with van der Waals surface area (Å²) in [4.78, 5) is 31.0. The lowest BCUT2D eigenvalue weighted by atomic mass is 9.99. The summed E-state index contributed by atoms with van der Waals surface area (Å²) in [6.07, 6.45) is 5.14. The van der Waals surface area contributed by atoms with Crippen molar-refractivity contribution in [2.24, 2.45) is 5.73 Å². The largest absolute Gasteiger partial charge is 0.344 e. The van der Waals surface area contributed by atoms with Crippen LogP contribution in [0.25, 0.3) is 10.8 Å². The Morgan fingerprint density at radius 1 is 1.06 bits per heavy atom. The molecule has 0 saturated carbocycles. The summed E-state index contributed by atoms with van der Waals surface area (Å²) in [7, 11) is 3.52. The molecule has 0 saturated heterocycles. The van der Waals surface area contributed by atoms with Gasteiger partial charge in [0, 0.05) is 37.5 Å². The number of rotatable bonds is 10. The van der Waals surface area contributed by atoms with Gasteiger partial charge >= 0.3 is 0 Å². The van der Waals surface area contributed by atoms with Gasteiger partial charge in [0.1, 0.15) is 6.04 Å². The minimum atomic E-state index is -0.600. The lowest BCUT2D eigenvalue weighted by Gasteiger charge is -2.30. The van der Waals surface area contributed by atoms with Crippen LogP contribution in [0, 0.1) is 0 Å². The maximum Gasteiger partial charge on any atom is 0.246 e. The number of amides is 2. The molecule has 34 heavy (non-hydrogen) atoms. The molecule has 0 spiro atoms. The molecule has 2 N–H and O–H groups in total. The number of carbonyl (C=O) groups excluding carboxylic acids is 2. The number of hydrogen-bond donors (Lipinski definition) is 1. The van der Waals surface area contributed by atoms with E-state index in [2.05, 4.69) is 30.3 Å². The zero-order valence-corrected chi connectivity index (χ0v) is 21.3. The molecule has 5 nitrogen and oxygen atoms in total. The number of fused-ring (bicyclic) bond motifs is 1. The van der Waals surface area contributed by atoms with E-state index in [-0.39, 0.29) is 11.8 Å². The molecule has 0 aliphatic heterocycles. The van der Waals surface area contributed by atoms with Gasteiger partial charge in [-0.25, -0.2) is 0 Å². The Bertz CT molecular complexity index is 1130. The summed E-state index contributed by atoms with van der Waals surface area (Å²) in [6.45, 7) is 4.44. The zero-order valence-electron chi connectivity index (χ0n) is 20.5. The van der Waals surface area contributed by atoms with E-state index >= 15 is 0 Å². The van der Waals surface area contributed by atoms with Gasteiger partial charge in [0.2, 0.25) is 11.8 Å². The molecule has 0 bridgehead atoms. The third-order valence-electron chi connectivity index (χ3n) is 5.90. The van der Waals surface area contributed by atoms with Crippen LogP contribution in [0.3, 0.4) is 0 Å². The summed E-state index contributed by atoms with van der Waals surface area (Å²) in [6, 6.07) is 17.9. The van der Waals surface area contributed by atoms with Gasteiger partial charge in [-0.3, -0.25) is 9.59 Å². The molecule has 0 aliphatic rings. The van der Waals surface area contributed by atoms with Crippen LogP contribution in [0.4, 0.5) is 0 Å². The summed E-state index contributed by atoms with van der Waals surface area (Å²) >= 11 is 1.69. The van der Waals surface area contributed by atoms with Gasteiger partial charge in [0.15, 0.2) is 0 Å². The van der Waals surface area contributed by atoms with Crippen molar-refractivity contribution < 1.29 is 9.59 Å². The van der Waals surface area contributed by atoms with E-state index in [9.17, 15) is 9.59 Å². The molecule has 1 atom stereocenters. The van der Waals surface area contributed by atoms with E-state index in [1.165, 1.54) is 11.0 Å².